The van der Waals surface area contributed by atoms with Crippen molar-refractivity contribution in [1.29, 1.82) is 0 Å². The lowest BCUT2D eigenvalue weighted by Crippen LogP contribution is -2.17. The van der Waals surface area contributed by atoms with Gasteiger partial charge in [0.15, 0.2) is 5.69 Å². The molecule has 1 heterocycles. The van der Waals surface area contributed by atoms with Crippen LogP contribution < -0.4 is 9.47 Å². The molecule has 0 bridgehead atoms. The highest BCUT2D eigenvalue weighted by Crippen LogP contribution is 2.30. The molecule has 8 heteroatoms. The number of hydrogen-bond acceptors (Lipinski definition) is 5. The molecule has 2 aromatic rings. The van der Waals surface area contributed by atoms with Gasteiger partial charge in [0.05, 0.1) is 5.69 Å². The largest absolute Gasteiger partial charge is 0.460 e. The number of rotatable bonds is 5. The van der Waals surface area contributed by atoms with E-state index in [0.29, 0.717) is 5.75 Å². The fraction of sp³-hybridized carbons (Fsp3) is 0.421. The second-order valence-corrected chi connectivity index (χ2v) is 6.46. The Balaban J connectivity index is 1.81. The Bertz CT molecular complexity index is 801. The number of aromatic nitrogens is 2. The van der Waals surface area contributed by atoms with E-state index in [1.54, 1.807) is 24.3 Å². The van der Waals surface area contributed by atoms with E-state index in [9.17, 15) is 18.0 Å². The molecule has 0 radical (unpaired) electrons. The summed E-state index contributed by atoms with van der Waals surface area (Å²) in [6, 6.07) is 7.21. The Morgan fingerprint density at radius 3 is 2.41 bits per heavy atom. The lowest BCUT2D eigenvalue weighted by atomic mass is 10.1. The first-order chi connectivity index (χ1) is 12.8. The summed E-state index contributed by atoms with van der Waals surface area (Å²) in [7, 11) is 0. The predicted octanol–water partition coefficient (Wildman–Crippen LogP) is 4.33. The van der Waals surface area contributed by atoms with Crippen LogP contribution in [0.3, 0.4) is 0 Å². The van der Waals surface area contributed by atoms with Gasteiger partial charge in [0.1, 0.15) is 11.9 Å². The lowest BCUT2D eigenvalue weighted by molar-refractivity contribution is -0.141. The van der Waals surface area contributed by atoms with Gasteiger partial charge in [0.2, 0.25) is 0 Å². The molecule has 0 amide bonds. The second kappa shape index (κ2) is 7.94. The van der Waals surface area contributed by atoms with Crippen molar-refractivity contribution in [2.45, 2.75) is 51.3 Å². The van der Waals surface area contributed by atoms with Gasteiger partial charge in [0, 0.05) is 13.3 Å². The number of carbonyl (C=O) groups excluding carboxylic acids is 1. The van der Waals surface area contributed by atoms with Gasteiger partial charge >= 0.3 is 18.2 Å². The van der Waals surface area contributed by atoms with Crippen LogP contribution in [0.5, 0.6) is 11.8 Å². The molecule has 0 unspecified atom stereocenters. The minimum atomic E-state index is -4.58. The van der Waals surface area contributed by atoms with Crippen LogP contribution in [0, 0.1) is 0 Å². The van der Waals surface area contributed by atoms with Gasteiger partial charge in [-0.25, -0.2) is 0 Å². The molecule has 0 aliphatic heterocycles. The molecule has 27 heavy (non-hydrogen) atoms. The number of ether oxygens (including phenoxy) is 2. The van der Waals surface area contributed by atoms with Gasteiger partial charge in [0.25, 0.3) is 0 Å². The standard InChI is InChI=1S/C19H19F3N2O3/c1-12(25)26-16-8-6-13(7-9-16)10-14-11-17(19(20,21)22)24-18(23-14)27-15-4-2-3-5-15/h6-9,11,15H,2-5,10H2,1H3. The van der Waals surface area contributed by atoms with E-state index in [1.807, 2.05) is 0 Å². The molecule has 1 fully saturated rings. The summed E-state index contributed by atoms with van der Waals surface area (Å²) in [5, 5.41) is 0. The Labute approximate surface area is 154 Å². The Morgan fingerprint density at radius 1 is 1.15 bits per heavy atom. The van der Waals surface area contributed by atoms with Crippen molar-refractivity contribution in [2.24, 2.45) is 0 Å². The number of halogens is 3. The van der Waals surface area contributed by atoms with Crippen LogP contribution in [-0.4, -0.2) is 22.0 Å². The molecular formula is C19H19F3N2O3. The van der Waals surface area contributed by atoms with Gasteiger partial charge in [-0.05, 0) is 49.4 Å². The zero-order valence-corrected chi connectivity index (χ0v) is 14.8. The Morgan fingerprint density at radius 2 is 1.81 bits per heavy atom. The predicted molar refractivity (Wildman–Crippen MR) is 90.5 cm³/mol. The molecule has 1 saturated carbocycles. The highest BCUT2D eigenvalue weighted by molar-refractivity contribution is 5.69. The van der Waals surface area contributed by atoms with E-state index in [2.05, 4.69) is 9.97 Å². The van der Waals surface area contributed by atoms with E-state index in [-0.39, 0.29) is 24.2 Å². The third kappa shape index (κ3) is 5.42. The van der Waals surface area contributed by atoms with Crippen molar-refractivity contribution in [3.63, 3.8) is 0 Å². The summed E-state index contributed by atoms with van der Waals surface area (Å²) in [4.78, 5) is 18.6. The lowest BCUT2D eigenvalue weighted by Gasteiger charge is -2.14. The zero-order chi connectivity index (χ0) is 19.4. The smallest absolute Gasteiger partial charge is 0.433 e. The third-order valence-corrected chi connectivity index (χ3v) is 4.19. The summed E-state index contributed by atoms with van der Waals surface area (Å²) >= 11 is 0. The second-order valence-electron chi connectivity index (χ2n) is 6.46. The molecule has 0 saturated heterocycles. The van der Waals surface area contributed by atoms with Crippen molar-refractivity contribution in [1.82, 2.24) is 9.97 Å². The molecule has 3 rings (SSSR count). The first-order valence-electron chi connectivity index (χ1n) is 8.69. The fourth-order valence-electron chi connectivity index (χ4n) is 2.97. The molecule has 144 valence electrons. The summed E-state index contributed by atoms with van der Waals surface area (Å²) in [5.74, 6) is -0.0720. The average molecular weight is 380 g/mol. The van der Waals surface area contributed by atoms with Gasteiger partial charge in [-0.2, -0.15) is 23.1 Å². The monoisotopic (exact) mass is 380 g/mol. The topological polar surface area (TPSA) is 61.3 Å². The molecule has 5 nitrogen and oxygen atoms in total. The first kappa shape index (κ1) is 19.1. The van der Waals surface area contributed by atoms with Gasteiger partial charge in [-0.1, -0.05) is 12.1 Å². The molecule has 0 N–H and O–H groups in total. The zero-order valence-electron chi connectivity index (χ0n) is 14.8. The number of alkyl halides is 3. The molecule has 1 aliphatic rings. The summed E-state index contributed by atoms with van der Waals surface area (Å²) in [5.41, 5.74) is -0.0767. The van der Waals surface area contributed by atoms with Crippen LogP contribution in [0.2, 0.25) is 0 Å². The molecule has 0 spiro atoms. The minimum absolute atomic E-state index is 0.135. The van der Waals surface area contributed by atoms with Crippen molar-refractivity contribution in [3.05, 3.63) is 47.3 Å². The van der Waals surface area contributed by atoms with Crippen LogP contribution in [0.25, 0.3) is 0 Å². The summed E-state index contributed by atoms with van der Waals surface area (Å²) in [6.45, 7) is 1.29. The van der Waals surface area contributed by atoms with E-state index in [4.69, 9.17) is 9.47 Å². The minimum Gasteiger partial charge on any atom is -0.460 e. The highest BCUT2D eigenvalue weighted by Gasteiger charge is 2.34. The first-order valence-corrected chi connectivity index (χ1v) is 8.69. The molecular weight excluding hydrogens is 361 g/mol. The average Bonchev–Trinajstić information content (AvgIpc) is 3.08. The summed E-state index contributed by atoms with van der Waals surface area (Å²) < 4.78 is 50.1. The normalized spacial score (nSPS) is 15.0. The maximum Gasteiger partial charge on any atom is 0.433 e. The van der Waals surface area contributed by atoms with Gasteiger partial charge < -0.3 is 9.47 Å². The van der Waals surface area contributed by atoms with E-state index in [0.717, 1.165) is 37.3 Å². The van der Waals surface area contributed by atoms with E-state index >= 15 is 0 Å². The van der Waals surface area contributed by atoms with Crippen LogP contribution in [0.4, 0.5) is 13.2 Å². The van der Waals surface area contributed by atoms with Crippen molar-refractivity contribution in [2.75, 3.05) is 0 Å². The van der Waals surface area contributed by atoms with Crippen LogP contribution >= 0.6 is 0 Å². The number of hydrogen-bond donors (Lipinski definition) is 0. The Hall–Kier alpha value is -2.64. The van der Waals surface area contributed by atoms with Crippen LogP contribution in [-0.2, 0) is 17.4 Å². The molecule has 0 atom stereocenters. The number of carbonyl (C=O) groups is 1. The van der Waals surface area contributed by atoms with E-state index in [1.165, 1.54) is 6.92 Å². The summed E-state index contributed by atoms with van der Waals surface area (Å²) in [6.07, 6.45) is -0.961. The number of benzene rings is 1. The highest BCUT2D eigenvalue weighted by atomic mass is 19.4. The van der Waals surface area contributed by atoms with E-state index < -0.39 is 17.8 Å². The van der Waals surface area contributed by atoms with Crippen LogP contribution in [0.1, 0.15) is 49.6 Å². The maximum absolute atomic E-state index is 13.2. The third-order valence-electron chi connectivity index (χ3n) is 4.19. The van der Waals surface area contributed by atoms with Crippen LogP contribution in [0.15, 0.2) is 30.3 Å². The van der Waals surface area contributed by atoms with Crippen molar-refractivity contribution in [3.8, 4) is 11.8 Å². The molecule has 1 aromatic carbocycles. The van der Waals surface area contributed by atoms with Gasteiger partial charge in [-0.15, -0.1) is 0 Å². The van der Waals surface area contributed by atoms with Crippen molar-refractivity contribution < 1.29 is 27.4 Å². The number of esters is 1. The maximum atomic E-state index is 13.2. The Kier molecular flexibility index (Phi) is 5.62. The quantitative estimate of drug-likeness (QED) is 0.571. The number of nitrogens with zero attached hydrogens (tertiary/aromatic N) is 2. The SMILES string of the molecule is CC(=O)Oc1ccc(Cc2cc(C(F)(F)F)nc(OC3CCCC3)n2)cc1. The van der Waals surface area contributed by atoms with Crippen molar-refractivity contribution >= 4 is 5.97 Å². The molecule has 1 aromatic heterocycles. The fourth-order valence-corrected chi connectivity index (χ4v) is 2.97. The molecule has 1 aliphatic carbocycles. The van der Waals surface area contributed by atoms with Gasteiger partial charge in [-0.3, -0.25) is 4.79 Å².